The number of aliphatic hydroxyl groups is 4. The summed E-state index contributed by atoms with van der Waals surface area (Å²) in [7, 11) is -10.7. The van der Waals surface area contributed by atoms with Gasteiger partial charge in [-0.1, -0.05) is 6.08 Å². The number of hydrogen-bond donors (Lipinski definition) is 8. The molecule has 21 nitrogen and oxygen atoms in total. The number of aliphatic hydroxyl groups excluding tert-OH is 4. The highest BCUT2D eigenvalue weighted by molar-refractivity contribution is 7.61. The van der Waals surface area contributed by atoms with Crippen molar-refractivity contribution in [2.24, 2.45) is 5.73 Å². The minimum Gasteiger partial charge on any atom is -0.387 e. The number of phosphoric acid groups is 2. The minimum absolute atomic E-state index is 0.0517. The van der Waals surface area contributed by atoms with E-state index in [1.165, 1.54) is 28.2 Å². The van der Waals surface area contributed by atoms with Crippen molar-refractivity contribution in [3.05, 3.63) is 36.7 Å². The normalized spacial score (nSPS) is 33.3. The SMILES string of the molecule is NC(=O)C1=CN(C2OC(COP(=O)(O)OP(=O)(O)OCC3OC(n4cnc5c(N)ncnc54)C(O)C3O)C(O)C2O)C=CC1. The van der Waals surface area contributed by atoms with Crippen molar-refractivity contribution in [1.82, 2.24) is 24.4 Å². The monoisotopic (exact) mass is 665 g/mol. The van der Waals surface area contributed by atoms with Crippen LogP contribution >= 0.6 is 15.6 Å². The number of imidazole rings is 1. The number of anilines is 1. The second-order valence-electron chi connectivity index (χ2n) is 9.84. The van der Waals surface area contributed by atoms with Gasteiger partial charge >= 0.3 is 15.6 Å². The molecule has 2 aromatic heterocycles. The van der Waals surface area contributed by atoms with Crippen molar-refractivity contribution in [2.75, 3.05) is 18.9 Å². The van der Waals surface area contributed by atoms with Crippen LogP contribution in [0.3, 0.4) is 0 Å². The lowest BCUT2D eigenvalue weighted by Gasteiger charge is -2.28. The largest absolute Gasteiger partial charge is 0.481 e. The Labute approximate surface area is 247 Å². The van der Waals surface area contributed by atoms with Gasteiger partial charge < -0.3 is 56.1 Å². The number of hydrogen-bond acceptors (Lipinski definition) is 17. The van der Waals surface area contributed by atoms with Crippen molar-refractivity contribution in [3.8, 4) is 0 Å². The smallest absolute Gasteiger partial charge is 0.387 e. The van der Waals surface area contributed by atoms with E-state index in [4.69, 9.17) is 30.0 Å². The maximum absolute atomic E-state index is 12.4. The number of carbonyl (C=O) groups excluding carboxylic acids is 1. The second-order valence-corrected chi connectivity index (χ2v) is 12.9. The van der Waals surface area contributed by atoms with Crippen LogP contribution in [0.1, 0.15) is 12.6 Å². The van der Waals surface area contributed by atoms with E-state index in [9.17, 15) is 44.1 Å². The quantitative estimate of drug-likeness (QED) is 0.113. The molecule has 44 heavy (non-hydrogen) atoms. The molecule has 23 heteroatoms. The first-order valence-electron chi connectivity index (χ1n) is 12.7. The van der Waals surface area contributed by atoms with Gasteiger partial charge in [0.05, 0.1) is 19.5 Å². The lowest BCUT2D eigenvalue weighted by Crippen LogP contribution is -2.40. The third-order valence-corrected chi connectivity index (χ3v) is 9.48. The van der Waals surface area contributed by atoms with E-state index in [-0.39, 0.29) is 29.0 Å². The number of nitrogens with zero attached hydrogens (tertiary/aromatic N) is 5. The summed E-state index contributed by atoms with van der Waals surface area (Å²) in [5.74, 6) is -0.658. The van der Waals surface area contributed by atoms with Gasteiger partial charge in [0.15, 0.2) is 23.9 Å². The van der Waals surface area contributed by atoms with Gasteiger partial charge in [0.2, 0.25) is 5.91 Å². The molecule has 3 aliphatic heterocycles. The Morgan fingerprint density at radius 1 is 0.955 bits per heavy atom. The molecule has 242 valence electrons. The number of aromatic nitrogens is 4. The maximum Gasteiger partial charge on any atom is 0.481 e. The lowest BCUT2D eigenvalue weighted by molar-refractivity contribution is -0.115. The van der Waals surface area contributed by atoms with Crippen LogP contribution in [0.5, 0.6) is 0 Å². The van der Waals surface area contributed by atoms with E-state index >= 15 is 0 Å². The predicted octanol–water partition coefficient (Wildman–Crippen LogP) is -2.69. The van der Waals surface area contributed by atoms with Gasteiger partial charge in [-0.2, -0.15) is 4.31 Å². The summed E-state index contributed by atoms with van der Waals surface area (Å²) in [6.45, 7) is -1.79. The number of ether oxygens (including phenoxy) is 2. The van der Waals surface area contributed by atoms with Crippen LogP contribution < -0.4 is 11.5 Å². The van der Waals surface area contributed by atoms with E-state index in [1.807, 2.05) is 0 Å². The Hall–Kier alpha value is -2.88. The van der Waals surface area contributed by atoms with E-state index in [1.54, 1.807) is 6.08 Å². The molecule has 3 aliphatic rings. The second kappa shape index (κ2) is 12.5. The summed E-state index contributed by atoms with van der Waals surface area (Å²) in [4.78, 5) is 44.6. The fraction of sp³-hybridized carbons (Fsp3) is 0.524. The molecular formula is C21H29N7O14P2. The van der Waals surface area contributed by atoms with Crippen molar-refractivity contribution in [1.29, 1.82) is 0 Å². The molecular weight excluding hydrogens is 636 g/mol. The average Bonchev–Trinajstić information content (AvgIpc) is 3.61. The molecule has 0 spiro atoms. The Balaban J connectivity index is 1.15. The van der Waals surface area contributed by atoms with Gasteiger partial charge in [0.25, 0.3) is 0 Å². The zero-order valence-corrected chi connectivity index (χ0v) is 24.2. The molecule has 10 unspecified atom stereocenters. The summed E-state index contributed by atoms with van der Waals surface area (Å²) in [6, 6.07) is 0. The molecule has 0 aromatic carbocycles. The molecule has 2 saturated heterocycles. The number of amides is 1. The third kappa shape index (κ3) is 6.70. The molecule has 1 amide bonds. The van der Waals surface area contributed by atoms with E-state index < -0.39 is 83.8 Å². The molecule has 0 bridgehead atoms. The number of phosphoric ester groups is 2. The van der Waals surface area contributed by atoms with Gasteiger partial charge in [0.1, 0.15) is 48.5 Å². The van der Waals surface area contributed by atoms with Crippen molar-refractivity contribution in [2.45, 2.75) is 55.5 Å². The Morgan fingerprint density at radius 3 is 2.16 bits per heavy atom. The summed E-state index contributed by atoms with van der Waals surface area (Å²) < 4.78 is 50.8. The predicted molar refractivity (Wildman–Crippen MR) is 142 cm³/mol. The van der Waals surface area contributed by atoms with E-state index in [2.05, 4.69) is 19.3 Å². The fourth-order valence-corrected chi connectivity index (χ4v) is 6.77. The zero-order chi connectivity index (χ0) is 32.0. The lowest BCUT2D eigenvalue weighted by atomic mass is 10.1. The van der Waals surface area contributed by atoms with Gasteiger partial charge in [0, 0.05) is 18.0 Å². The van der Waals surface area contributed by atoms with Crippen molar-refractivity contribution in [3.63, 3.8) is 0 Å². The van der Waals surface area contributed by atoms with Crippen molar-refractivity contribution < 1.29 is 67.0 Å². The first kappa shape index (κ1) is 32.5. The molecule has 2 aromatic rings. The summed E-state index contributed by atoms with van der Waals surface area (Å²) >= 11 is 0. The number of allylic oxidation sites excluding steroid dienone is 1. The van der Waals surface area contributed by atoms with Crippen LogP contribution in [0.25, 0.3) is 11.2 Å². The molecule has 10 N–H and O–H groups in total. The minimum atomic E-state index is -5.37. The van der Waals surface area contributed by atoms with Gasteiger partial charge in [-0.25, -0.2) is 24.1 Å². The van der Waals surface area contributed by atoms with Crippen LogP contribution in [0, 0.1) is 0 Å². The molecule has 2 fully saturated rings. The highest BCUT2D eigenvalue weighted by Gasteiger charge is 2.48. The number of primary amides is 1. The van der Waals surface area contributed by atoms with Crippen molar-refractivity contribution >= 4 is 38.5 Å². The number of rotatable bonds is 11. The highest BCUT2D eigenvalue weighted by Crippen LogP contribution is 2.60. The Bertz CT molecular complexity index is 1560. The Kier molecular flexibility index (Phi) is 9.23. The van der Waals surface area contributed by atoms with Gasteiger partial charge in [-0.15, -0.1) is 0 Å². The van der Waals surface area contributed by atoms with Crippen LogP contribution in [0.15, 0.2) is 36.7 Å². The topological polar surface area (TPSA) is 318 Å². The molecule has 0 radical (unpaired) electrons. The third-order valence-electron chi connectivity index (χ3n) is 6.88. The summed E-state index contributed by atoms with van der Waals surface area (Å²) in [5.41, 5.74) is 11.6. The standard InChI is InChI=1S/C21H29N7O14P2/c22-17-12-19(25-7-24-17)28(8-26-12)21-16(32)14(30)11(41-21)6-39-44(36,37)42-43(34,35)38-5-10-13(29)15(31)20(40-10)27-3-1-2-9(4-27)18(23)33/h1,3-4,7-8,10-11,13-16,20-21,29-32H,2,5-6H2,(H2,23,33)(H,34,35)(H,36,37)(H2,22,24,25). The molecule has 5 rings (SSSR count). The molecule has 0 saturated carbocycles. The summed E-state index contributed by atoms with van der Waals surface area (Å²) in [6.07, 6.45) is -4.88. The molecule has 10 atom stereocenters. The number of carbonyl (C=O) groups is 1. The van der Waals surface area contributed by atoms with Crippen LogP contribution in [-0.4, -0.2) is 117 Å². The fourth-order valence-electron chi connectivity index (χ4n) is 4.68. The van der Waals surface area contributed by atoms with E-state index in [0.717, 1.165) is 6.33 Å². The van der Waals surface area contributed by atoms with E-state index in [0.29, 0.717) is 0 Å². The molecule has 0 aliphatic carbocycles. The van der Waals surface area contributed by atoms with Crippen LogP contribution in [0.2, 0.25) is 0 Å². The number of nitrogens with two attached hydrogens (primary N) is 2. The Morgan fingerprint density at radius 2 is 1.55 bits per heavy atom. The first-order chi connectivity index (χ1) is 20.7. The van der Waals surface area contributed by atoms with Gasteiger partial charge in [-0.3, -0.25) is 18.4 Å². The molecule has 5 heterocycles. The summed E-state index contributed by atoms with van der Waals surface area (Å²) in [5, 5.41) is 41.6. The van der Waals surface area contributed by atoms with Gasteiger partial charge in [-0.05, 0) is 6.42 Å². The first-order valence-corrected chi connectivity index (χ1v) is 15.7. The number of fused-ring (bicyclic) bond motifs is 1. The van der Waals surface area contributed by atoms with Crippen LogP contribution in [-0.2, 0) is 36.8 Å². The highest BCUT2D eigenvalue weighted by atomic mass is 31.3. The average molecular weight is 665 g/mol. The number of nitrogen functional groups attached to an aromatic ring is 1. The van der Waals surface area contributed by atoms with Crippen LogP contribution in [0.4, 0.5) is 5.82 Å². The maximum atomic E-state index is 12.4. The zero-order valence-electron chi connectivity index (χ0n) is 22.4.